The Morgan fingerprint density at radius 1 is 0.909 bits per heavy atom. The fourth-order valence-corrected chi connectivity index (χ4v) is 3.69. The van der Waals surface area contributed by atoms with E-state index in [2.05, 4.69) is 21.5 Å². The van der Waals surface area contributed by atoms with Crippen LogP contribution < -0.4 is 21.5 Å². The summed E-state index contributed by atoms with van der Waals surface area (Å²) in [6.45, 7) is 1.99. The number of amides is 3. The summed E-state index contributed by atoms with van der Waals surface area (Å²) in [5.74, 6) is -0.743. The van der Waals surface area contributed by atoms with Gasteiger partial charge in [0.05, 0.1) is 0 Å². The van der Waals surface area contributed by atoms with Crippen molar-refractivity contribution < 1.29 is 14.4 Å². The summed E-state index contributed by atoms with van der Waals surface area (Å²) in [5, 5.41) is 5.35. The first-order chi connectivity index (χ1) is 15.9. The van der Waals surface area contributed by atoms with E-state index in [0.717, 1.165) is 36.8 Å². The minimum Gasteiger partial charge on any atom is -0.326 e. The number of hydrogen-bond acceptors (Lipinski definition) is 4. The van der Waals surface area contributed by atoms with Gasteiger partial charge in [0.15, 0.2) is 5.11 Å². The van der Waals surface area contributed by atoms with Gasteiger partial charge in [-0.15, -0.1) is 0 Å². The number of hydrazine groups is 1. The number of benzene rings is 2. The zero-order valence-corrected chi connectivity index (χ0v) is 19.3. The van der Waals surface area contributed by atoms with Crippen LogP contribution in [0.15, 0.2) is 54.6 Å². The highest BCUT2D eigenvalue weighted by Gasteiger charge is 2.21. The number of anilines is 1. The number of hydrogen-bond donors (Lipinski definition) is 4. The second-order valence-electron chi connectivity index (χ2n) is 8.04. The first-order valence-electron chi connectivity index (χ1n) is 11.0. The summed E-state index contributed by atoms with van der Waals surface area (Å²) >= 11 is 5.04. The first-order valence-corrected chi connectivity index (χ1v) is 11.4. The molecule has 0 atom stereocenters. The van der Waals surface area contributed by atoms with Gasteiger partial charge in [0.2, 0.25) is 11.8 Å². The minimum absolute atomic E-state index is 0.0294. The molecule has 3 rings (SSSR count). The summed E-state index contributed by atoms with van der Waals surface area (Å²) < 4.78 is 0. The Kier molecular flexibility index (Phi) is 8.71. The molecule has 0 radical (unpaired) electrons. The number of carbonyl (C=O) groups excluding carboxylic acids is 3. The maximum atomic E-state index is 12.3. The van der Waals surface area contributed by atoms with Crippen LogP contribution in [0.2, 0.25) is 0 Å². The second kappa shape index (κ2) is 11.9. The number of nitrogens with one attached hydrogen (secondary N) is 4. The molecule has 0 heterocycles. The quantitative estimate of drug-likeness (QED) is 0.306. The number of thiocarbonyl (C=S) groups is 1. The molecule has 33 heavy (non-hydrogen) atoms. The van der Waals surface area contributed by atoms with Gasteiger partial charge in [0.1, 0.15) is 0 Å². The molecule has 8 heteroatoms. The second-order valence-corrected chi connectivity index (χ2v) is 8.45. The molecule has 1 aliphatic carbocycles. The summed E-state index contributed by atoms with van der Waals surface area (Å²) in [4.78, 5) is 36.6. The van der Waals surface area contributed by atoms with Crippen molar-refractivity contribution in [3.8, 4) is 0 Å². The normalized spacial score (nSPS) is 13.8. The Morgan fingerprint density at radius 2 is 1.58 bits per heavy atom. The third-order valence-corrected chi connectivity index (χ3v) is 5.63. The first kappa shape index (κ1) is 24.1. The molecule has 0 spiro atoms. The summed E-state index contributed by atoms with van der Waals surface area (Å²) in [6.07, 6.45) is 8.27. The van der Waals surface area contributed by atoms with E-state index in [0.29, 0.717) is 11.3 Å². The summed E-state index contributed by atoms with van der Waals surface area (Å²) in [7, 11) is 0. The maximum Gasteiger partial charge on any atom is 0.269 e. The Bertz CT molecular complexity index is 1030. The van der Waals surface area contributed by atoms with E-state index < -0.39 is 11.8 Å². The van der Waals surface area contributed by atoms with Crippen LogP contribution in [0.25, 0.3) is 6.08 Å². The summed E-state index contributed by atoms with van der Waals surface area (Å²) in [5.41, 5.74) is 8.00. The van der Waals surface area contributed by atoms with Crippen LogP contribution in [-0.4, -0.2) is 22.8 Å². The fourth-order valence-electron chi connectivity index (χ4n) is 3.53. The van der Waals surface area contributed by atoms with Crippen molar-refractivity contribution in [1.82, 2.24) is 16.2 Å². The molecule has 3 amide bonds. The van der Waals surface area contributed by atoms with Crippen LogP contribution in [0.4, 0.5) is 5.69 Å². The van der Waals surface area contributed by atoms with Crippen molar-refractivity contribution in [2.75, 3.05) is 5.32 Å². The summed E-state index contributed by atoms with van der Waals surface area (Å²) in [6, 6.07) is 14.3. The van der Waals surface area contributed by atoms with E-state index in [1.165, 1.54) is 12.5 Å². The van der Waals surface area contributed by atoms with Gasteiger partial charge in [0.25, 0.3) is 5.91 Å². The van der Waals surface area contributed by atoms with Crippen molar-refractivity contribution in [1.29, 1.82) is 0 Å². The smallest absolute Gasteiger partial charge is 0.269 e. The van der Waals surface area contributed by atoms with E-state index >= 15 is 0 Å². The van der Waals surface area contributed by atoms with E-state index in [1.807, 2.05) is 31.2 Å². The van der Waals surface area contributed by atoms with E-state index in [4.69, 9.17) is 12.2 Å². The third kappa shape index (κ3) is 7.84. The molecular weight excluding hydrogens is 436 g/mol. The number of carbonyl (C=O) groups is 3. The monoisotopic (exact) mass is 464 g/mol. The van der Waals surface area contributed by atoms with Crippen LogP contribution in [0.5, 0.6) is 0 Å². The SMILES string of the molecule is Cc1ccc(C=CC(=O)NC(=S)NNC(=O)c2ccc(NC(=O)C3CCCCC3)cc2)cc1. The molecule has 4 N–H and O–H groups in total. The van der Waals surface area contributed by atoms with Crippen molar-refractivity contribution in [2.24, 2.45) is 5.92 Å². The van der Waals surface area contributed by atoms with E-state index in [-0.39, 0.29) is 16.9 Å². The van der Waals surface area contributed by atoms with E-state index in [1.54, 1.807) is 30.3 Å². The molecule has 2 aromatic rings. The molecule has 172 valence electrons. The fraction of sp³-hybridized carbons (Fsp3) is 0.280. The van der Waals surface area contributed by atoms with Gasteiger partial charge < -0.3 is 5.32 Å². The standard InChI is InChI=1S/C25H28N4O3S/c1-17-7-9-18(10-8-17)11-16-22(30)27-25(33)29-28-24(32)20-12-14-21(15-13-20)26-23(31)19-5-3-2-4-6-19/h7-16,19H,2-6H2,1H3,(H,26,31)(H,28,32)(H2,27,29,30,33). The van der Waals surface area contributed by atoms with E-state index in [9.17, 15) is 14.4 Å². The lowest BCUT2D eigenvalue weighted by atomic mass is 9.88. The topological polar surface area (TPSA) is 99.3 Å². The highest BCUT2D eigenvalue weighted by Crippen LogP contribution is 2.25. The van der Waals surface area contributed by atoms with Crippen LogP contribution in [0, 0.1) is 12.8 Å². The molecule has 1 saturated carbocycles. The van der Waals surface area contributed by atoms with Crippen LogP contribution in [0.1, 0.15) is 53.6 Å². The minimum atomic E-state index is -0.424. The lowest BCUT2D eigenvalue weighted by Crippen LogP contribution is -2.48. The lowest BCUT2D eigenvalue weighted by Gasteiger charge is -2.20. The zero-order chi connectivity index (χ0) is 23.6. The molecule has 0 aliphatic heterocycles. The maximum absolute atomic E-state index is 12.3. The molecule has 0 saturated heterocycles. The third-order valence-electron chi connectivity index (χ3n) is 5.42. The predicted molar refractivity (Wildman–Crippen MR) is 133 cm³/mol. The van der Waals surface area contributed by atoms with Gasteiger partial charge in [-0.25, -0.2) is 0 Å². The average molecular weight is 465 g/mol. The van der Waals surface area contributed by atoms with Crippen LogP contribution in [0.3, 0.4) is 0 Å². The van der Waals surface area contributed by atoms with Gasteiger partial charge in [0, 0.05) is 23.2 Å². The Morgan fingerprint density at radius 3 is 2.24 bits per heavy atom. The predicted octanol–water partition coefficient (Wildman–Crippen LogP) is 3.86. The van der Waals surface area contributed by atoms with Gasteiger partial charge in [-0.2, -0.15) is 0 Å². The molecule has 1 aliphatic rings. The highest BCUT2D eigenvalue weighted by molar-refractivity contribution is 7.80. The van der Waals surface area contributed by atoms with Crippen LogP contribution >= 0.6 is 12.2 Å². The average Bonchev–Trinajstić information content (AvgIpc) is 2.83. The van der Waals surface area contributed by atoms with Crippen molar-refractivity contribution in [2.45, 2.75) is 39.0 Å². The van der Waals surface area contributed by atoms with Gasteiger partial charge in [-0.1, -0.05) is 49.1 Å². The molecular formula is C25H28N4O3S. The number of rotatable bonds is 5. The number of aryl methyl sites for hydroxylation is 1. The molecule has 7 nitrogen and oxygen atoms in total. The van der Waals surface area contributed by atoms with Crippen molar-refractivity contribution in [3.63, 3.8) is 0 Å². The van der Waals surface area contributed by atoms with Gasteiger partial charge >= 0.3 is 0 Å². The lowest BCUT2D eigenvalue weighted by molar-refractivity contribution is -0.120. The Labute approximate surface area is 199 Å². The zero-order valence-electron chi connectivity index (χ0n) is 18.5. The van der Waals surface area contributed by atoms with Crippen molar-refractivity contribution >= 4 is 46.8 Å². The Hall–Kier alpha value is -3.52. The molecule has 2 aromatic carbocycles. The largest absolute Gasteiger partial charge is 0.326 e. The van der Waals surface area contributed by atoms with Crippen molar-refractivity contribution in [3.05, 3.63) is 71.3 Å². The van der Waals surface area contributed by atoms with Gasteiger partial charge in [-0.3, -0.25) is 30.6 Å². The molecule has 0 unspecified atom stereocenters. The molecule has 1 fully saturated rings. The van der Waals surface area contributed by atoms with Gasteiger partial charge in [-0.05, 0) is 67.9 Å². The highest BCUT2D eigenvalue weighted by atomic mass is 32.1. The van der Waals surface area contributed by atoms with Crippen LogP contribution in [-0.2, 0) is 9.59 Å². The molecule has 0 bridgehead atoms. The Balaban J connectivity index is 1.42. The molecule has 0 aromatic heterocycles.